The van der Waals surface area contributed by atoms with Crippen LogP contribution in [0, 0.1) is 12.7 Å². The Labute approximate surface area is 94.8 Å². The van der Waals surface area contributed by atoms with Gasteiger partial charge in [0.05, 0.1) is 7.11 Å². The van der Waals surface area contributed by atoms with Crippen LogP contribution in [0.1, 0.15) is 19.4 Å². The molecule has 0 saturated heterocycles. The largest absolute Gasteiger partial charge is 0.493 e. The predicted octanol–water partition coefficient (Wildman–Crippen LogP) is 3.06. The lowest BCUT2D eigenvalue weighted by atomic mass is 10.1. The molecule has 0 atom stereocenters. The lowest BCUT2D eigenvalue weighted by Gasteiger charge is -2.05. The molecule has 1 aromatic heterocycles. The van der Waals surface area contributed by atoms with Crippen LogP contribution in [0.25, 0.3) is 10.9 Å². The number of rotatable bonds is 1. The van der Waals surface area contributed by atoms with Gasteiger partial charge in [0.25, 0.3) is 0 Å². The minimum absolute atomic E-state index is 0.274. The van der Waals surface area contributed by atoms with Gasteiger partial charge in [-0.15, -0.1) is 0 Å². The third-order valence-electron chi connectivity index (χ3n) is 2.20. The molecule has 0 amide bonds. The van der Waals surface area contributed by atoms with Crippen molar-refractivity contribution in [2.75, 3.05) is 7.11 Å². The van der Waals surface area contributed by atoms with Gasteiger partial charge in [0.2, 0.25) is 0 Å². The first-order valence-electron chi connectivity index (χ1n) is 5.30. The van der Waals surface area contributed by atoms with Crippen LogP contribution in [0.2, 0.25) is 0 Å². The highest BCUT2D eigenvalue weighted by Gasteiger charge is 2.13. The summed E-state index contributed by atoms with van der Waals surface area (Å²) in [5.74, 6) is -0.112. The quantitative estimate of drug-likeness (QED) is 0.744. The Morgan fingerprint density at radius 2 is 2.00 bits per heavy atom. The van der Waals surface area contributed by atoms with Gasteiger partial charge in [-0.1, -0.05) is 13.8 Å². The summed E-state index contributed by atoms with van der Waals surface area (Å²) >= 11 is 0. The van der Waals surface area contributed by atoms with Crippen LogP contribution in [-0.4, -0.2) is 16.9 Å². The van der Waals surface area contributed by atoms with E-state index in [1.165, 1.54) is 7.11 Å². The van der Waals surface area contributed by atoms with Gasteiger partial charge in [-0.3, -0.25) is 4.68 Å². The normalized spacial score (nSPS) is 9.88. The van der Waals surface area contributed by atoms with Gasteiger partial charge in [-0.2, -0.15) is 5.10 Å². The molecule has 0 bridgehead atoms. The summed E-state index contributed by atoms with van der Waals surface area (Å²) in [5, 5.41) is 4.82. The minimum Gasteiger partial charge on any atom is -0.493 e. The molecule has 16 heavy (non-hydrogen) atoms. The molecular weight excluding hydrogens is 207 g/mol. The highest BCUT2D eigenvalue weighted by molar-refractivity contribution is 5.81. The second-order valence-electron chi connectivity index (χ2n) is 3.28. The van der Waals surface area contributed by atoms with Crippen LogP contribution in [0.5, 0.6) is 5.75 Å². The Balaban J connectivity index is 0.000000606. The number of hydrogen-bond acceptors (Lipinski definition) is 2. The van der Waals surface area contributed by atoms with Gasteiger partial charge in [0.1, 0.15) is 5.52 Å². The van der Waals surface area contributed by atoms with Crippen LogP contribution in [0.3, 0.4) is 0 Å². The van der Waals surface area contributed by atoms with Crippen molar-refractivity contribution in [3.05, 3.63) is 23.6 Å². The van der Waals surface area contributed by atoms with Crippen LogP contribution in [-0.2, 0) is 7.05 Å². The molecule has 1 heterocycles. The Bertz CT molecular complexity index is 491. The van der Waals surface area contributed by atoms with E-state index in [1.807, 2.05) is 26.8 Å². The van der Waals surface area contributed by atoms with Crippen molar-refractivity contribution in [1.82, 2.24) is 9.78 Å². The zero-order valence-electron chi connectivity index (χ0n) is 10.3. The highest BCUT2D eigenvalue weighted by Crippen LogP contribution is 2.28. The van der Waals surface area contributed by atoms with Gasteiger partial charge in [0.15, 0.2) is 11.6 Å². The van der Waals surface area contributed by atoms with Gasteiger partial charge in [-0.05, 0) is 18.6 Å². The molecule has 0 aliphatic rings. The lowest BCUT2D eigenvalue weighted by Crippen LogP contribution is -1.93. The van der Waals surface area contributed by atoms with Crippen molar-refractivity contribution in [3.8, 4) is 5.75 Å². The first kappa shape index (κ1) is 12.5. The topological polar surface area (TPSA) is 27.1 Å². The molecule has 2 aromatic rings. The number of benzene rings is 1. The SMILES string of the molecule is CC.COc1c(C)cc2cn(C)nc2c1F. The second-order valence-corrected chi connectivity index (χ2v) is 3.28. The molecule has 0 saturated carbocycles. The average molecular weight is 224 g/mol. The van der Waals surface area contributed by atoms with Gasteiger partial charge < -0.3 is 4.74 Å². The molecule has 2 rings (SSSR count). The number of halogens is 1. The maximum atomic E-state index is 13.7. The number of aromatic nitrogens is 2. The highest BCUT2D eigenvalue weighted by atomic mass is 19.1. The first-order valence-corrected chi connectivity index (χ1v) is 5.30. The van der Waals surface area contributed by atoms with Crippen LogP contribution < -0.4 is 4.74 Å². The van der Waals surface area contributed by atoms with Crippen molar-refractivity contribution >= 4 is 10.9 Å². The summed E-state index contributed by atoms with van der Waals surface area (Å²) in [4.78, 5) is 0. The van der Waals surface area contributed by atoms with E-state index < -0.39 is 0 Å². The number of hydrogen-bond donors (Lipinski definition) is 0. The molecule has 0 spiro atoms. The summed E-state index contributed by atoms with van der Waals surface area (Å²) < 4.78 is 20.3. The van der Waals surface area contributed by atoms with Crippen LogP contribution in [0.15, 0.2) is 12.3 Å². The molecule has 1 aromatic carbocycles. The fraction of sp³-hybridized carbons (Fsp3) is 0.417. The molecule has 0 N–H and O–H groups in total. The fourth-order valence-corrected chi connectivity index (χ4v) is 1.61. The number of methoxy groups -OCH3 is 1. The van der Waals surface area contributed by atoms with Crippen molar-refractivity contribution in [1.29, 1.82) is 0 Å². The van der Waals surface area contributed by atoms with Crippen molar-refractivity contribution < 1.29 is 9.13 Å². The average Bonchev–Trinajstić information content (AvgIpc) is 2.63. The summed E-state index contributed by atoms with van der Waals surface area (Å²) in [7, 11) is 3.22. The van der Waals surface area contributed by atoms with E-state index in [2.05, 4.69) is 5.10 Å². The molecule has 0 radical (unpaired) electrons. The number of nitrogens with zero attached hydrogens (tertiary/aromatic N) is 2. The zero-order chi connectivity index (χ0) is 12.3. The Morgan fingerprint density at radius 3 is 2.56 bits per heavy atom. The Morgan fingerprint density at radius 1 is 1.38 bits per heavy atom. The number of ether oxygens (including phenoxy) is 1. The molecule has 88 valence electrons. The van der Waals surface area contributed by atoms with E-state index in [0.29, 0.717) is 5.52 Å². The Hall–Kier alpha value is -1.58. The van der Waals surface area contributed by atoms with Crippen LogP contribution in [0.4, 0.5) is 4.39 Å². The number of fused-ring (bicyclic) bond motifs is 1. The molecule has 3 nitrogen and oxygen atoms in total. The summed E-state index contributed by atoms with van der Waals surface area (Å²) in [6.45, 7) is 5.81. The van der Waals surface area contributed by atoms with E-state index in [-0.39, 0.29) is 11.6 Å². The monoisotopic (exact) mass is 224 g/mol. The van der Waals surface area contributed by atoms with E-state index >= 15 is 0 Å². The summed E-state index contributed by atoms with van der Waals surface area (Å²) in [6.07, 6.45) is 1.78. The van der Waals surface area contributed by atoms with E-state index in [4.69, 9.17) is 4.74 Å². The number of aryl methyl sites for hydroxylation is 2. The van der Waals surface area contributed by atoms with Crippen molar-refractivity contribution in [3.63, 3.8) is 0 Å². The maximum absolute atomic E-state index is 13.7. The Kier molecular flexibility index (Phi) is 3.88. The van der Waals surface area contributed by atoms with E-state index in [9.17, 15) is 4.39 Å². The van der Waals surface area contributed by atoms with Gasteiger partial charge in [0, 0.05) is 18.6 Å². The fourth-order valence-electron chi connectivity index (χ4n) is 1.61. The standard InChI is InChI=1S/C10H11FN2O.C2H6/c1-6-4-7-5-13(2)12-9(7)8(11)10(6)14-3;1-2/h4-5H,1-3H3;1-2H3. The molecule has 0 unspecified atom stereocenters. The van der Waals surface area contributed by atoms with E-state index in [1.54, 1.807) is 17.9 Å². The van der Waals surface area contributed by atoms with Gasteiger partial charge >= 0.3 is 0 Å². The third kappa shape index (κ3) is 2.01. The molecule has 0 aliphatic carbocycles. The van der Waals surface area contributed by atoms with Crippen molar-refractivity contribution in [2.24, 2.45) is 7.05 Å². The lowest BCUT2D eigenvalue weighted by molar-refractivity contribution is 0.385. The van der Waals surface area contributed by atoms with Crippen molar-refractivity contribution in [2.45, 2.75) is 20.8 Å². The van der Waals surface area contributed by atoms with Gasteiger partial charge in [-0.25, -0.2) is 4.39 Å². The molecule has 4 heteroatoms. The summed E-state index contributed by atoms with van der Waals surface area (Å²) in [6, 6.07) is 1.87. The molecule has 0 fully saturated rings. The maximum Gasteiger partial charge on any atom is 0.193 e. The molecule has 0 aliphatic heterocycles. The van der Waals surface area contributed by atoms with Crippen LogP contribution >= 0.6 is 0 Å². The smallest absolute Gasteiger partial charge is 0.193 e. The first-order chi connectivity index (χ1) is 7.63. The summed E-state index contributed by atoms with van der Waals surface area (Å²) in [5.41, 5.74) is 1.14. The third-order valence-corrected chi connectivity index (χ3v) is 2.20. The predicted molar refractivity (Wildman–Crippen MR) is 63.3 cm³/mol. The van der Waals surface area contributed by atoms with E-state index in [0.717, 1.165) is 10.9 Å². The zero-order valence-corrected chi connectivity index (χ0v) is 10.3. The molecular formula is C12H17FN2O. The minimum atomic E-state index is -0.386. The second kappa shape index (κ2) is 4.96.